The minimum absolute atomic E-state index is 1.24. The molecule has 60 valence electrons. The SMILES string of the molecule is Cc1ccc([Si](C)(C)Br)cc1. The Morgan fingerprint density at radius 3 is 1.91 bits per heavy atom. The fraction of sp³-hybridized carbons (Fsp3) is 0.333. The van der Waals surface area contributed by atoms with Crippen LogP contribution in [0.15, 0.2) is 24.3 Å². The zero-order valence-corrected chi connectivity index (χ0v) is 9.77. The van der Waals surface area contributed by atoms with Gasteiger partial charge >= 0.3 is 0 Å². The molecule has 0 nitrogen and oxygen atoms in total. The molecule has 0 saturated heterocycles. The van der Waals surface area contributed by atoms with Crippen molar-refractivity contribution in [3.63, 3.8) is 0 Å². The molecule has 0 aliphatic heterocycles. The van der Waals surface area contributed by atoms with E-state index in [1.807, 2.05) is 0 Å². The predicted octanol–water partition coefficient (Wildman–Crippen LogP) is 2.80. The molecule has 0 spiro atoms. The van der Waals surface area contributed by atoms with E-state index in [0.717, 1.165) is 0 Å². The maximum Gasteiger partial charge on any atom is 0.154 e. The zero-order valence-electron chi connectivity index (χ0n) is 7.19. The van der Waals surface area contributed by atoms with Crippen LogP contribution >= 0.6 is 15.3 Å². The highest BCUT2D eigenvalue weighted by Crippen LogP contribution is 2.10. The van der Waals surface area contributed by atoms with Gasteiger partial charge < -0.3 is 0 Å². The number of aryl methyl sites for hydroxylation is 1. The second-order valence-corrected chi connectivity index (χ2v) is 12.8. The lowest BCUT2D eigenvalue weighted by Crippen LogP contribution is -2.33. The number of rotatable bonds is 1. The van der Waals surface area contributed by atoms with Gasteiger partial charge in [0, 0.05) is 0 Å². The lowest BCUT2D eigenvalue weighted by molar-refractivity contribution is 1.49. The van der Waals surface area contributed by atoms with Crippen LogP contribution < -0.4 is 5.19 Å². The quantitative estimate of drug-likeness (QED) is 0.513. The minimum Gasteiger partial charge on any atom is -0.121 e. The average Bonchev–Trinajstić information content (AvgIpc) is 1.86. The monoisotopic (exact) mass is 228 g/mol. The molecule has 1 aromatic rings. The molecule has 0 fully saturated rings. The van der Waals surface area contributed by atoms with Crippen LogP contribution in [0.5, 0.6) is 0 Å². The van der Waals surface area contributed by atoms with Crippen molar-refractivity contribution < 1.29 is 0 Å². The Morgan fingerprint density at radius 2 is 1.55 bits per heavy atom. The van der Waals surface area contributed by atoms with Crippen molar-refractivity contribution in [3.8, 4) is 0 Å². The van der Waals surface area contributed by atoms with Gasteiger partial charge in [-0.05, 0) is 12.1 Å². The normalized spacial score (nSPS) is 11.6. The first-order valence-electron chi connectivity index (χ1n) is 3.76. The summed E-state index contributed by atoms with van der Waals surface area (Å²) in [4.78, 5) is 0. The Bertz CT molecular complexity index is 233. The average molecular weight is 229 g/mol. The Balaban J connectivity index is 2.99. The Morgan fingerprint density at radius 1 is 1.09 bits per heavy atom. The summed E-state index contributed by atoms with van der Waals surface area (Å²) in [5.74, 6) is 0. The molecule has 0 amide bonds. The van der Waals surface area contributed by atoms with E-state index < -0.39 is 6.69 Å². The van der Waals surface area contributed by atoms with Crippen molar-refractivity contribution in [2.75, 3.05) is 0 Å². The molecule has 0 aliphatic carbocycles. The molecule has 0 heterocycles. The Hall–Kier alpha value is -0.0831. The van der Waals surface area contributed by atoms with Gasteiger partial charge in [0.25, 0.3) is 0 Å². The third kappa shape index (κ3) is 2.45. The van der Waals surface area contributed by atoms with Crippen molar-refractivity contribution in [3.05, 3.63) is 29.8 Å². The van der Waals surface area contributed by atoms with Crippen LogP contribution in [0.2, 0.25) is 13.1 Å². The van der Waals surface area contributed by atoms with Crippen LogP contribution in [-0.4, -0.2) is 6.69 Å². The Kier molecular flexibility index (Phi) is 2.55. The first kappa shape index (κ1) is 9.01. The molecular weight excluding hydrogens is 216 g/mol. The molecule has 2 heteroatoms. The maximum atomic E-state index is 3.75. The molecule has 0 aliphatic rings. The zero-order chi connectivity index (χ0) is 8.48. The van der Waals surface area contributed by atoms with Crippen LogP contribution in [0.3, 0.4) is 0 Å². The van der Waals surface area contributed by atoms with Crippen LogP contribution in [0.4, 0.5) is 0 Å². The number of halogens is 1. The molecule has 0 atom stereocenters. The second kappa shape index (κ2) is 3.11. The van der Waals surface area contributed by atoms with Gasteiger partial charge in [-0.15, -0.1) is 15.3 Å². The third-order valence-electron chi connectivity index (χ3n) is 1.74. The van der Waals surface area contributed by atoms with Crippen LogP contribution in [0.25, 0.3) is 0 Å². The van der Waals surface area contributed by atoms with Gasteiger partial charge in [-0.2, -0.15) is 0 Å². The van der Waals surface area contributed by atoms with E-state index in [0.29, 0.717) is 0 Å². The largest absolute Gasteiger partial charge is 0.154 e. The molecule has 0 unspecified atom stereocenters. The van der Waals surface area contributed by atoms with Gasteiger partial charge in [-0.3, -0.25) is 0 Å². The summed E-state index contributed by atoms with van der Waals surface area (Å²) in [5, 5.41) is 1.46. The van der Waals surface area contributed by atoms with E-state index in [9.17, 15) is 0 Å². The molecule has 0 N–H and O–H groups in total. The third-order valence-corrected chi connectivity index (χ3v) is 4.82. The maximum absolute atomic E-state index is 3.75. The van der Waals surface area contributed by atoms with Crippen LogP contribution in [0.1, 0.15) is 5.56 Å². The first-order valence-corrected chi connectivity index (χ1v) is 9.02. The number of hydrogen-bond acceptors (Lipinski definition) is 0. The summed E-state index contributed by atoms with van der Waals surface area (Å²) in [5.41, 5.74) is 1.33. The van der Waals surface area contributed by atoms with E-state index in [-0.39, 0.29) is 0 Å². The topological polar surface area (TPSA) is 0 Å². The van der Waals surface area contributed by atoms with Crippen molar-refractivity contribution in [2.45, 2.75) is 20.0 Å². The first-order chi connectivity index (χ1) is 5.00. The van der Waals surface area contributed by atoms with Crippen molar-refractivity contribution in [1.29, 1.82) is 0 Å². The van der Waals surface area contributed by atoms with Gasteiger partial charge in [0.1, 0.15) is 0 Å². The second-order valence-electron chi connectivity index (χ2n) is 3.34. The van der Waals surface area contributed by atoms with Gasteiger partial charge in [0.15, 0.2) is 6.69 Å². The lowest BCUT2D eigenvalue weighted by Gasteiger charge is -2.13. The highest BCUT2D eigenvalue weighted by atomic mass is 79.9. The van der Waals surface area contributed by atoms with Crippen molar-refractivity contribution in [1.82, 2.24) is 0 Å². The van der Waals surface area contributed by atoms with Gasteiger partial charge in [-0.25, -0.2) is 0 Å². The Labute approximate surface area is 77.2 Å². The molecule has 11 heavy (non-hydrogen) atoms. The van der Waals surface area contributed by atoms with Gasteiger partial charge in [-0.1, -0.05) is 42.9 Å². The van der Waals surface area contributed by atoms with Gasteiger partial charge in [0.2, 0.25) is 0 Å². The summed E-state index contributed by atoms with van der Waals surface area (Å²) in [6.07, 6.45) is 0. The summed E-state index contributed by atoms with van der Waals surface area (Å²) >= 11 is 3.75. The van der Waals surface area contributed by atoms with Crippen LogP contribution in [0, 0.1) is 6.92 Å². The van der Waals surface area contributed by atoms with E-state index in [4.69, 9.17) is 0 Å². The van der Waals surface area contributed by atoms with Crippen LogP contribution in [-0.2, 0) is 0 Å². The molecule has 0 bridgehead atoms. The molecule has 0 saturated carbocycles. The highest BCUT2D eigenvalue weighted by Gasteiger charge is 2.17. The van der Waals surface area contributed by atoms with E-state index in [1.54, 1.807) is 0 Å². The van der Waals surface area contributed by atoms with Crippen molar-refractivity contribution >= 4 is 27.2 Å². The standard InChI is InChI=1S/C9H13BrSi/c1-8-4-6-9(7-5-8)11(2,3)10/h4-7H,1-3H3. The lowest BCUT2D eigenvalue weighted by atomic mass is 10.2. The highest BCUT2D eigenvalue weighted by molar-refractivity contribution is 9.26. The molecular formula is C9H13BrSi. The summed E-state index contributed by atoms with van der Waals surface area (Å²) in [7, 11) is 0. The molecule has 1 aromatic carbocycles. The molecule has 0 aromatic heterocycles. The fourth-order valence-electron chi connectivity index (χ4n) is 0.950. The number of benzene rings is 1. The summed E-state index contributed by atoms with van der Waals surface area (Å²) in [6, 6.07) is 8.78. The summed E-state index contributed by atoms with van der Waals surface area (Å²) < 4.78 is 0. The smallest absolute Gasteiger partial charge is 0.121 e. The van der Waals surface area contributed by atoms with Gasteiger partial charge in [0.05, 0.1) is 0 Å². The molecule has 1 rings (SSSR count). The van der Waals surface area contributed by atoms with E-state index in [1.165, 1.54) is 10.8 Å². The molecule has 0 radical (unpaired) electrons. The number of hydrogen-bond donors (Lipinski definition) is 0. The van der Waals surface area contributed by atoms with Crippen molar-refractivity contribution in [2.24, 2.45) is 0 Å². The fourth-order valence-corrected chi connectivity index (χ4v) is 2.70. The predicted molar refractivity (Wildman–Crippen MR) is 57.2 cm³/mol. The minimum atomic E-state index is -1.24. The van der Waals surface area contributed by atoms with E-state index in [2.05, 4.69) is 59.6 Å². The summed E-state index contributed by atoms with van der Waals surface area (Å²) in [6.45, 7) is 5.45. The van der Waals surface area contributed by atoms with E-state index >= 15 is 0 Å².